The van der Waals surface area contributed by atoms with Crippen molar-refractivity contribution in [3.63, 3.8) is 0 Å². The molecule has 0 aliphatic heterocycles. The smallest absolute Gasteiger partial charge is 0.240 e. The first-order chi connectivity index (χ1) is 15.8. The van der Waals surface area contributed by atoms with Crippen LogP contribution in [0.4, 0.5) is 0 Å². The average molecular weight is 542 g/mol. The Morgan fingerprint density at radius 1 is 1.00 bits per heavy atom. The number of ether oxygens (including phenoxy) is 1. The summed E-state index contributed by atoms with van der Waals surface area (Å²) < 4.78 is 33.1. The lowest BCUT2D eigenvalue weighted by atomic mass is 9.76. The van der Waals surface area contributed by atoms with Gasteiger partial charge in [-0.25, -0.2) is 13.1 Å². The summed E-state index contributed by atoms with van der Waals surface area (Å²) in [7, 11) is -3.55. The first kappa shape index (κ1) is 26.8. The SMILES string of the molecule is Cl.NC1CCc2ccc(OCCNS(=O)(=O)c3ccccc3)cc2C1Cc1ccc(Cl)c(Cl)c1. The number of aryl methyl sites for hydroxylation is 1. The van der Waals surface area contributed by atoms with E-state index in [-0.39, 0.29) is 42.4 Å². The molecule has 34 heavy (non-hydrogen) atoms. The van der Waals surface area contributed by atoms with Gasteiger partial charge in [-0.1, -0.05) is 53.5 Å². The Bertz CT molecular complexity index is 1220. The molecule has 0 fully saturated rings. The van der Waals surface area contributed by atoms with Crippen molar-refractivity contribution < 1.29 is 13.2 Å². The molecule has 0 saturated carbocycles. The van der Waals surface area contributed by atoms with Crippen LogP contribution in [0.3, 0.4) is 0 Å². The number of rotatable bonds is 8. The lowest BCUT2D eigenvalue weighted by molar-refractivity contribution is 0.321. The van der Waals surface area contributed by atoms with Gasteiger partial charge in [-0.2, -0.15) is 0 Å². The largest absolute Gasteiger partial charge is 0.492 e. The summed E-state index contributed by atoms with van der Waals surface area (Å²) in [5, 5.41) is 1.07. The highest BCUT2D eigenvalue weighted by atomic mass is 35.5. The number of sulfonamides is 1. The van der Waals surface area contributed by atoms with E-state index in [4.69, 9.17) is 33.7 Å². The third kappa shape index (κ3) is 6.45. The summed E-state index contributed by atoms with van der Waals surface area (Å²) in [4.78, 5) is 0.234. The van der Waals surface area contributed by atoms with Gasteiger partial charge in [0.25, 0.3) is 0 Å². The van der Waals surface area contributed by atoms with Crippen molar-refractivity contribution in [1.29, 1.82) is 0 Å². The van der Waals surface area contributed by atoms with Gasteiger partial charge in [-0.15, -0.1) is 12.4 Å². The normalized spacial score (nSPS) is 17.5. The Hall–Kier alpha value is -1.80. The van der Waals surface area contributed by atoms with Crippen LogP contribution in [-0.2, 0) is 22.9 Å². The Balaban J connectivity index is 0.00000324. The number of hydrogen-bond acceptors (Lipinski definition) is 4. The van der Waals surface area contributed by atoms with Gasteiger partial charge in [0.05, 0.1) is 14.9 Å². The first-order valence-electron chi connectivity index (χ1n) is 10.8. The lowest BCUT2D eigenvalue weighted by Gasteiger charge is -2.32. The Morgan fingerprint density at radius 2 is 1.76 bits per heavy atom. The second kappa shape index (κ2) is 11.8. The van der Waals surface area contributed by atoms with Crippen LogP contribution >= 0.6 is 35.6 Å². The van der Waals surface area contributed by atoms with E-state index in [0.717, 1.165) is 24.8 Å². The van der Waals surface area contributed by atoms with Crippen LogP contribution in [-0.4, -0.2) is 27.6 Å². The minimum atomic E-state index is -3.55. The summed E-state index contributed by atoms with van der Waals surface area (Å²) in [6, 6.07) is 20.0. The van der Waals surface area contributed by atoms with E-state index < -0.39 is 10.0 Å². The number of halogens is 3. The van der Waals surface area contributed by atoms with Crippen molar-refractivity contribution in [3.05, 3.63) is 93.5 Å². The molecular formula is C25H27Cl3N2O3S. The number of nitrogens with one attached hydrogen (secondary N) is 1. The van der Waals surface area contributed by atoms with E-state index in [0.29, 0.717) is 15.8 Å². The lowest BCUT2D eigenvalue weighted by Crippen LogP contribution is -2.34. The molecular weight excluding hydrogens is 515 g/mol. The highest BCUT2D eigenvalue weighted by molar-refractivity contribution is 7.89. The fourth-order valence-corrected chi connectivity index (χ4v) is 5.55. The van der Waals surface area contributed by atoms with Crippen LogP contribution in [0.15, 0.2) is 71.6 Å². The van der Waals surface area contributed by atoms with Gasteiger partial charge in [0.1, 0.15) is 12.4 Å². The number of fused-ring (bicyclic) bond motifs is 1. The van der Waals surface area contributed by atoms with Crippen LogP contribution in [0, 0.1) is 0 Å². The van der Waals surface area contributed by atoms with Gasteiger partial charge in [0.15, 0.2) is 0 Å². The predicted octanol–water partition coefficient (Wildman–Crippen LogP) is 5.37. The minimum absolute atomic E-state index is 0. The standard InChI is InChI=1S/C25H26Cl2N2O3S.ClH/c26-23-10-6-17(15-24(23)27)14-22-21-16-19(9-7-18(21)8-11-25(22)28)32-13-12-29-33(30,31)20-4-2-1-3-5-20;/h1-7,9-10,15-16,22,25,29H,8,11-14,28H2;1H. The first-order valence-corrected chi connectivity index (χ1v) is 13.1. The van der Waals surface area contributed by atoms with Crippen LogP contribution in [0.1, 0.15) is 29.0 Å². The van der Waals surface area contributed by atoms with Crippen molar-refractivity contribution in [2.24, 2.45) is 5.73 Å². The topological polar surface area (TPSA) is 81.4 Å². The molecule has 0 spiro atoms. The quantitative estimate of drug-likeness (QED) is 0.376. The van der Waals surface area contributed by atoms with E-state index in [1.165, 1.54) is 11.1 Å². The van der Waals surface area contributed by atoms with Gasteiger partial charge in [0.2, 0.25) is 10.0 Å². The fourth-order valence-electron chi connectivity index (χ4n) is 4.20. The predicted molar refractivity (Wildman–Crippen MR) is 140 cm³/mol. The molecule has 0 aromatic heterocycles. The molecule has 0 amide bonds. The summed E-state index contributed by atoms with van der Waals surface area (Å²) >= 11 is 12.3. The molecule has 5 nitrogen and oxygen atoms in total. The van der Waals surface area contributed by atoms with Crippen molar-refractivity contribution >= 4 is 45.6 Å². The molecule has 1 aliphatic carbocycles. The second-order valence-corrected chi connectivity index (χ2v) is 10.8. The molecule has 0 saturated heterocycles. The maximum absolute atomic E-state index is 12.3. The van der Waals surface area contributed by atoms with Crippen LogP contribution in [0.5, 0.6) is 5.75 Å². The van der Waals surface area contributed by atoms with Gasteiger partial charge in [0, 0.05) is 18.5 Å². The maximum atomic E-state index is 12.3. The van der Waals surface area contributed by atoms with Crippen molar-refractivity contribution in [3.8, 4) is 5.75 Å². The molecule has 3 N–H and O–H groups in total. The van der Waals surface area contributed by atoms with E-state index in [1.54, 1.807) is 30.3 Å². The maximum Gasteiger partial charge on any atom is 0.240 e. The molecule has 0 bridgehead atoms. The van der Waals surface area contributed by atoms with Crippen molar-refractivity contribution in [2.75, 3.05) is 13.2 Å². The highest BCUT2D eigenvalue weighted by Crippen LogP contribution is 2.36. The van der Waals surface area contributed by atoms with Crippen molar-refractivity contribution in [1.82, 2.24) is 4.72 Å². The fraction of sp³-hybridized carbons (Fsp3) is 0.280. The number of hydrogen-bond donors (Lipinski definition) is 2. The van der Waals surface area contributed by atoms with Crippen molar-refractivity contribution in [2.45, 2.75) is 36.1 Å². The molecule has 4 rings (SSSR count). The molecule has 2 unspecified atom stereocenters. The second-order valence-electron chi connectivity index (χ2n) is 8.18. The monoisotopic (exact) mass is 540 g/mol. The molecule has 2 atom stereocenters. The molecule has 3 aromatic carbocycles. The van der Waals surface area contributed by atoms with E-state index in [2.05, 4.69) is 10.8 Å². The van der Waals surface area contributed by atoms with Gasteiger partial charge >= 0.3 is 0 Å². The summed E-state index contributed by atoms with van der Waals surface area (Å²) in [5.74, 6) is 0.826. The molecule has 0 radical (unpaired) electrons. The van der Waals surface area contributed by atoms with Crippen LogP contribution < -0.4 is 15.2 Å². The third-order valence-electron chi connectivity index (χ3n) is 5.94. The Kier molecular flexibility index (Phi) is 9.27. The zero-order valence-electron chi connectivity index (χ0n) is 18.4. The molecule has 9 heteroatoms. The summed E-state index contributed by atoms with van der Waals surface area (Å²) in [6.07, 6.45) is 2.59. The van der Waals surface area contributed by atoms with E-state index in [9.17, 15) is 8.42 Å². The highest BCUT2D eigenvalue weighted by Gasteiger charge is 2.28. The molecule has 182 valence electrons. The minimum Gasteiger partial charge on any atom is -0.492 e. The summed E-state index contributed by atoms with van der Waals surface area (Å²) in [6.45, 7) is 0.384. The third-order valence-corrected chi connectivity index (χ3v) is 8.15. The number of benzene rings is 3. The zero-order valence-corrected chi connectivity index (χ0v) is 21.6. The van der Waals surface area contributed by atoms with Gasteiger partial charge in [-0.05, 0) is 72.4 Å². The Labute approximate surface area is 217 Å². The number of nitrogens with two attached hydrogens (primary N) is 1. The molecule has 3 aromatic rings. The molecule has 0 heterocycles. The van der Waals surface area contributed by atoms with Crippen LogP contribution in [0.25, 0.3) is 0 Å². The zero-order chi connectivity index (χ0) is 23.4. The average Bonchev–Trinajstić information content (AvgIpc) is 2.81. The van der Waals surface area contributed by atoms with Crippen LogP contribution in [0.2, 0.25) is 10.0 Å². The van der Waals surface area contributed by atoms with E-state index in [1.807, 2.05) is 30.3 Å². The van der Waals surface area contributed by atoms with Gasteiger partial charge in [-0.3, -0.25) is 0 Å². The summed E-state index contributed by atoms with van der Waals surface area (Å²) in [5.41, 5.74) is 10.0. The Morgan fingerprint density at radius 3 is 2.50 bits per heavy atom. The van der Waals surface area contributed by atoms with Gasteiger partial charge < -0.3 is 10.5 Å². The molecule has 1 aliphatic rings. The van der Waals surface area contributed by atoms with E-state index >= 15 is 0 Å².